The fourth-order valence-corrected chi connectivity index (χ4v) is 2.15. The molecule has 1 atom stereocenters. The standard InChI is InChI=1S/C14H18F2N2O2/c1-14(2,3)20-13(19)18-12(4-5-17-18)9-6-10(15)8-11(16)7-9/h6-8,12,17H,4-5H2,1-3H3. The Bertz CT molecular complexity index is 494. The number of hydrazine groups is 1. The van der Waals surface area contributed by atoms with Gasteiger partial charge in [-0.1, -0.05) is 0 Å². The van der Waals surface area contributed by atoms with Gasteiger partial charge in [-0.15, -0.1) is 0 Å². The van der Waals surface area contributed by atoms with Crippen LogP contribution in [0.3, 0.4) is 0 Å². The number of amides is 1. The van der Waals surface area contributed by atoms with Gasteiger partial charge in [0.25, 0.3) is 0 Å². The minimum absolute atomic E-state index is 0.415. The van der Waals surface area contributed by atoms with Gasteiger partial charge in [0.1, 0.15) is 17.2 Å². The molecule has 1 aliphatic rings. The first kappa shape index (κ1) is 14.7. The summed E-state index contributed by atoms with van der Waals surface area (Å²) in [5.41, 5.74) is 2.67. The smallest absolute Gasteiger partial charge is 0.425 e. The zero-order valence-electron chi connectivity index (χ0n) is 11.7. The maximum Gasteiger partial charge on any atom is 0.425 e. The van der Waals surface area contributed by atoms with Crippen molar-refractivity contribution < 1.29 is 18.3 Å². The number of rotatable bonds is 1. The number of halogens is 2. The molecule has 0 saturated carbocycles. The summed E-state index contributed by atoms with van der Waals surface area (Å²) in [6.45, 7) is 5.83. The molecule has 0 aromatic heterocycles. The molecule has 1 saturated heterocycles. The highest BCUT2D eigenvalue weighted by Crippen LogP contribution is 2.29. The van der Waals surface area contributed by atoms with Gasteiger partial charge < -0.3 is 4.74 Å². The lowest BCUT2D eigenvalue weighted by atomic mass is 10.0. The average Bonchev–Trinajstić information content (AvgIpc) is 2.73. The number of ether oxygens (including phenoxy) is 1. The summed E-state index contributed by atoms with van der Waals surface area (Å²) in [6, 6.07) is 2.84. The molecule has 1 heterocycles. The first-order valence-electron chi connectivity index (χ1n) is 6.48. The van der Waals surface area contributed by atoms with Crippen molar-refractivity contribution in [1.29, 1.82) is 0 Å². The molecule has 0 aliphatic carbocycles. The number of hydrogen-bond donors (Lipinski definition) is 1. The van der Waals surface area contributed by atoms with Gasteiger partial charge in [0.15, 0.2) is 0 Å². The minimum Gasteiger partial charge on any atom is -0.443 e. The normalized spacial score (nSPS) is 19.2. The van der Waals surface area contributed by atoms with Crippen molar-refractivity contribution in [1.82, 2.24) is 10.4 Å². The zero-order valence-corrected chi connectivity index (χ0v) is 11.7. The van der Waals surface area contributed by atoms with Crippen LogP contribution in [0, 0.1) is 11.6 Å². The van der Waals surface area contributed by atoms with E-state index in [9.17, 15) is 13.6 Å². The Balaban J connectivity index is 2.20. The van der Waals surface area contributed by atoms with E-state index in [1.807, 2.05) is 0 Å². The second-order valence-electron chi connectivity index (χ2n) is 5.77. The second kappa shape index (κ2) is 5.36. The molecule has 1 N–H and O–H groups in total. The summed E-state index contributed by atoms with van der Waals surface area (Å²) in [5.74, 6) is -1.31. The van der Waals surface area contributed by atoms with Gasteiger partial charge in [-0.3, -0.25) is 0 Å². The van der Waals surface area contributed by atoms with E-state index < -0.39 is 29.4 Å². The molecule has 20 heavy (non-hydrogen) atoms. The van der Waals surface area contributed by atoms with Gasteiger partial charge in [-0.05, 0) is 44.9 Å². The van der Waals surface area contributed by atoms with E-state index >= 15 is 0 Å². The van der Waals surface area contributed by atoms with Crippen LogP contribution in [0.2, 0.25) is 0 Å². The third kappa shape index (κ3) is 3.45. The van der Waals surface area contributed by atoms with Crippen molar-refractivity contribution in [2.75, 3.05) is 6.54 Å². The van der Waals surface area contributed by atoms with Gasteiger partial charge in [0.05, 0.1) is 6.04 Å². The predicted octanol–water partition coefficient (Wildman–Crippen LogP) is 3.15. The zero-order chi connectivity index (χ0) is 14.9. The van der Waals surface area contributed by atoms with Gasteiger partial charge in [-0.25, -0.2) is 24.0 Å². The number of hydrogen-bond acceptors (Lipinski definition) is 3. The van der Waals surface area contributed by atoms with Gasteiger partial charge >= 0.3 is 6.09 Å². The highest BCUT2D eigenvalue weighted by Gasteiger charge is 2.33. The van der Waals surface area contributed by atoms with E-state index in [-0.39, 0.29) is 0 Å². The molecule has 0 radical (unpaired) electrons. The number of carbonyl (C=O) groups is 1. The van der Waals surface area contributed by atoms with E-state index in [4.69, 9.17) is 4.74 Å². The molecular formula is C14H18F2N2O2. The van der Waals surface area contributed by atoms with E-state index in [1.54, 1.807) is 20.8 Å². The SMILES string of the molecule is CC(C)(C)OC(=O)N1NCCC1c1cc(F)cc(F)c1. The Kier molecular flexibility index (Phi) is 3.94. The van der Waals surface area contributed by atoms with Gasteiger partial charge in [0, 0.05) is 12.6 Å². The lowest BCUT2D eigenvalue weighted by Gasteiger charge is -2.28. The van der Waals surface area contributed by atoms with Gasteiger partial charge in [0.2, 0.25) is 0 Å². The van der Waals surface area contributed by atoms with Crippen LogP contribution in [0.1, 0.15) is 38.8 Å². The maximum atomic E-state index is 13.3. The van der Waals surface area contributed by atoms with Crippen LogP contribution in [0.5, 0.6) is 0 Å². The Labute approximate surface area is 116 Å². The highest BCUT2D eigenvalue weighted by molar-refractivity contribution is 5.68. The quantitative estimate of drug-likeness (QED) is 0.861. The Hall–Kier alpha value is -1.69. The van der Waals surface area contributed by atoms with Gasteiger partial charge in [-0.2, -0.15) is 0 Å². The summed E-state index contributed by atoms with van der Waals surface area (Å²) in [5, 5.41) is 1.29. The highest BCUT2D eigenvalue weighted by atomic mass is 19.1. The number of nitrogens with one attached hydrogen (secondary N) is 1. The molecule has 0 spiro atoms. The van der Waals surface area contributed by atoms with E-state index in [0.29, 0.717) is 18.5 Å². The molecule has 6 heteroatoms. The number of carbonyl (C=O) groups excluding carboxylic acids is 1. The summed E-state index contributed by atoms with van der Waals surface area (Å²) >= 11 is 0. The third-order valence-electron chi connectivity index (χ3n) is 2.87. The van der Waals surface area contributed by atoms with Crippen molar-refractivity contribution in [3.8, 4) is 0 Å². The largest absolute Gasteiger partial charge is 0.443 e. The average molecular weight is 284 g/mol. The molecule has 4 nitrogen and oxygen atoms in total. The van der Waals surface area contributed by atoms with Crippen LogP contribution in [-0.2, 0) is 4.74 Å². The fourth-order valence-electron chi connectivity index (χ4n) is 2.15. The third-order valence-corrected chi connectivity index (χ3v) is 2.87. The molecular weight excluding hydrogens is 266 g/mol. The Morgan fingerprint density at radius 2 is 1.90 bits per heavy atom. The van der Waals surface area contributed by atoms with Crippen LogP contribution in [0.15, 0.2) is 18.2 Å². The monoisotopic (exact) mass is 284 g/mol. The Morgan fingerprint density at radius 3 is 2.45 bits per heavy atom. The van der Waals surface area contributed by atoms with Crippen molar-refractivity contribution in [2.45, 2.75) is 38.8 Å². The molecule has 1 unspecified atom stereocenters. The first-order chi connectivity index (χ1) is 9.26. The summed E-state index contributed by atoms with van der Waals surface area (Å²) in [4.78, 5) is 12.1. The molecule has 2 rings (SSSR count). The Morgan fingerprint density at radius 1 is 1.30 bits per heavy atom. The van der Waals surface area contributed by atoms with E-state index in [2.05, 4.69) is 5.43 Å². The van der Waals surface area contributed by atoms with Crippen LogP contribution in [0.4, 0.5) is 13.6 Å². The van der Waals surface area contributed by atoms with Crippen LogP contribution in [-0.4, -0.2) is 23.2 Å². The number of benzene rings is 1. The van der Waals surface area contributed by atoms with E-state index in [0.717, 1.165) is 6.07 Å². The van der Waals surface area contributed by atoms with E-state index in [1.165, 1.54) is 17.1 Å². The predicted molar refractivity (Wildman–Crippen MR) is 69.8 cm³/mol. The topological polar surface area (TPSA) is 41.6 Å². The molecule has 1 fully saturated rings. The van der Waals surface area contributed by atoms with Crippen LogP contribution >= 0.6 is 0 Å². The number of nitrogens with zero attached hydrogens (tertiary/aromatic N) is 1. The molecule has 1 aliphatic heterocycles. The molecule has 1 aromatic rings. The maximum absolute atomic E-state index is 13.3. The van der Waals surface area contributed by atoms with Crippen molar-refractivity contribution in [3.63, 3.8) is 0 Å². The lowest BCUT2D eigenvalue weighted by molar-refractivity contribution is 0.0123. The van der Waals surface area contributed by atoms with Crippen LogP contribution < -0.4 is 5.43 Å². The molecule has 1 amide bonds. The second-order valence-corrected chi connectivity index (χ2v) is 5.77. The lowest BCUT2D eigenvalue weighted by Crippen LogP contribution is -2.42. The summed E-state index contributed by atoms with van der Waals surface area (Å²) in [7, 11) is 0. The summed E-state index contributed by atoms with van der Waals surface area (Å²) < 4.78 is 31.8. The minimum atomic E-state index is -0.656. The van der Waals surface area contributed by atoms with Crippen molar-refractivity contribution in [2.24, 2.45) is 0 Å². The molecule has 0 bridgehead atoms. The van der Waals surface area contributed by atoms with Crippen LogP contribution in [0.25, 0.3) is 0 Å². The fraction of sp³-hybridized carbons (Fsp3) is 0.500. The van der Waals surface area contributed by atoms with Crippen molar-refractivity contribution in [3.05, 3.63) is 35.4 Å². The molecule has 110 valence electrons. The first-order valence-corrected chi connectivity index (χ1v) is 6.48. The van der Waals surface area contributed by atoms with Crippen molar-refractivity contribution >= 4 is 6.09 Å². The summed E-state index contributed by atoms with van der Waals surface area (Å²) in [6.07, 6.45) is 0.0203. The molecule has 1 aromatic carbocycles.